The van der Waals surface area contributed by atoms with E-state index in [-0.39, 0.29) is 53.2 Å². The summed E-state index contributed by atoms with van der Waals surface area (Å²) in [4.78, 5) is 34.9. The second-order valence-corrected chi connectivity index (χ2v) is 9.11. The number of nitrogens with zero attached hydrogens (tertiary/aromatic N) is 2. The maximum absolute atomic E-state index is 15.5. The second-order valence-electron chi connectivity index (χ2n) is 8.70. The fraction of sp³-hybridized carbons (Fsp3) is 0.333. The summed E-state index contributed by atoms with van der Waals surface area (Å²) in [5, 5.41) is -0.00644. The quantitative estimate of drug-likeness (QED) is 0.291. The van der Waals surface area contributed by atoms with Gasteiger partial charge in [-0.25, -0.2) is 14.4 Å². The molecular formula is C24H23ClF4N4O4. The zero-order valence-corrected chi connectivity index (χ0v) is 20.5. The number of pyridine rings is 1. The molecule has 0 fully saturated rings. The van der Waals surface area contributed by atoms with Crippen molar-refractivity contribution in [2.45, 2.75) is 26.4 Å². The molecule has 8 nitrogen and oxygen atoms in total. The van der Waals surface area contributed by atoms with E-state index in [9.17, 15) is 22.8 Å². The Bertz CT molecular complexity index is 1330. The zero-order chi connectivity index (χ0) is 27.4. The molecule has 2 aromatic heterocycles. The smallest absolute Gasteiger partial charge is 0.411 e. The van der Waals surface area contributed by atoms with Crippen molar-refractivity contribution in [2.75, 3.05) is 19.8 Å². The summed E-state index contributed by atoms with van der Waals surface area (Å²) in [6.07, 6.45) is -3.09. The molecule has 3 rings (SSSR count). The maximum Gasteiger partial charge on any atom is 0.411 e. The number of aromatic nitrogens is 3. The van der Waals surface area contributed by atoms with E-state index in [1.807, 2.05) is 0 Å². The van der Waals surface area contributed by atoms with E-state index >= 15 is 4.39 Å². The molecule has 13 heteroatoms. The van der Waals surface area contributed by atoms with Gasteiger partial charge in [0.2, 0.25) is 11.8 Å². The molecule has 0 aliphatic rings. The third-order valence-electron chi connectivity index (χ3n) is 5.22. The lowest BCUT2D eigenvalue weighted by atomic mass is 9.84. The van der Waals surface area contributed by atoms with Crippen LogP contribution in [0.25, 0.3) is 22.6 Å². The van der Waals surface area contributed by atoms with Gasteiger partial charge in [0, 0.05) is 29.3 Å². The minimum atomic E-state index is -4.42. The monoisotopic (exact) mass is 542 g/mol. The van der Waals surface area contributed by atoms with Crippen LogP contribution in [0.5, 0.6) is 5.88 Å². The van der Waals surface area contributed by atoms with Crippen LogP contribution >= 0.6 is 11.6 Å². The largest absolute Gasteiger partial charge is 0.475 e. The van der Waals surface area contributed by atoms with Crippen LogP contribution in [0.1, 0.15) is 19.4 Å². The van der Waals surface area contributed by atoms with Gasteiger partial charge in [0.1, 0.15) is 24.9 Å². The number of primary amides is 1. The Labute approximate surface area is 213 Å². The Kier molecular flexibility index (Phi) is 8.54. The van der Waals surface area contributed by atoms with E-state index in [0.29, 0.717) is 5.56 Å². The van der Waals surface area contributed by atoms with Crippen molar-refractivity contribution in [3.63, 3.8) is 0 Å². The van der Waals surface area contributed by atoms with Gasteiger partial charge < -0.3 is 20.2 Å². The summed E-state index contributed by atoms with van der Waals surface area (Å²) in [6.45, 7) is 1.34. The standard InChI is InChI=1S/C24H23ClF4N4O4/c1-23(2,22(30)35)10-13-3-5-15(25)19(20(13)26)21-32-16(9-17(34)33-21)14-4-6-18(31-11-14)37-8-7-36-12-24(27,28)29/h3-6,9,11H,7-8,10,12H2,1-2H3,(H2,30,35)(H,32,33,34). The Morgan fingerprint density at radius 2 is 1.89 bits per heavy atom. The molecule has 3 N–H and O–H groups in total. The molecule has 0 unspecified atom stereocenters. The Hall–Kier alpha value is -3.51. The summed E-state index contributed by atoms with van der Waals surface area (Å²) in [5.41, 5.74) is 4.35. The number of rotatable bonds is 10. The molecule has 0 radical (unpaired) electrons. The van der Waals surface area contributed by atoms with Gasteiger partial charge in [-0.1, -0.05) is 31.5 Å². The summed E-state index contributed by atoms with van der Waals surface area (Å²) in [5.74, 6) is -1.38. The first-order valence-electron chi connectivity index (χ1n) is 10.9. The predicted molar refractivity (Wildman–Crippen MR) is 128 cm³/mol. The fourth-order valence-electron chi connectivity index (χ4n) is 3.25. The van der Waals surface area contributed by atoms with Gasteiger partial charge >= 0.3 is 6.18 Å². The number of amides is 1. The average molecular weight is 543 g/mol. The molecule has 37 heavy (non-hydrogen) atoms. The summed E-state index contributed by atoms with van der Waals surface area (Å²) >= 11 is 6.24. The Morgan fingerprint density at radius 1 is 1.16 bits per heavy atom. The third-order valence-corrected chi connectivity index (χ3v) is 5.54. The highest BCUT2D eigenvalue weighted by molar-refractivity contribution is 6.33. The number of nitrogens with one attached hydrogen (secondary N) is 1. The van der Waals surface area contributed by atoms with Crippen molar-refractivity contribution >= 4 is 17.5 Å². The van der Waals surface area contributed by atoms with Crippen LogP contribution in [-0.2, 0) is 16.0 Å². The lowest BCUT2D eigenvalue weighted by Crippen LogP contribution is -2.33. The molecule has 0 spiro atoms. The maximum atomic E-state index is 15.5. The van der Waals surface area contributed by atoms with Crippen molar-refractivity contribution in [1.82, 2.24) is 15.0 Å². The van der Waals surface area contributed by atoms with Crippen molar-refractivity contribution in [1.29, 1.82) is 0 Å². The van der Waals surface area contributed by atoms with Crippen LogP contribution in [0.3, 0.4) is 0 Å². The van der Waals surface area contributed by atoms with E-state index in [0.717, 1.165) is 0 Å². The number of benzene rings is 1. The van der Waals surface area contributed by atoms with Crippen LogP contribution in [0, 0.1) is 11.2 Å². The molecule has 1 amide bonds. The molecule has 0 saturated heterocycles. The lowest BCUT2D eigenvalue weighted by Gasteiger charge is -2.21. The molecule has 0 aliphatic carbocycles. The summed E-state index contributed by atoms with van der Waals surface area (Å²) in [6, 6.07) is 7.00. The summed E-state index contributed by atoms with van der Waals surface area (Å²) < 4.78 is 61.4. The lowest BCUT2D eigenvalue weighted by molar-refractivity contribution is -0.175. The molecule has 198 valence electrons. The first-order chi connectivity index (χ1) is 17.3. The molecule has 0 aliphatic heterocycles. The first kappa shape index (κ1) is 28.1. The Balaban J connectivity index is 1.83. The van der Waals surface area contributed by atoms with Gasteiger partial charge in [0.15, 0.2) is 0 Å². The van der Waals surface area contributed by atoms with Crippen molar-refractivity contribution < 1.29 is 31.8 Å². The number of halogens is 5. The van der Waals surface area contributed by atoms with Gasteiger partial charge in [-0.3, -0.25) is 9.59 Å². The van der Waals surface area contributed by atoms with Gasteiger partial charge in [-0.15, -0.1) is 0 Å². The number of nitrogens with two attached hydrogens (primary N) is 1. The number of carbonyl (C=O) groups is 1. The minimum Gasteiger partial charge on any atom is -0.475 e. The molecule has 3 aromatic rings. The highest BCUT2D eigenvalue weighted by atomic mass is 35.5. The SMILES string of the molecule is CC(C)(Cc1ccc(Cl)c(-c2nc(-c3ccc(OCCOCC(F)(F)F)nc3)cc(=O)[nH]2)c1F)C(N)=O. The van der Waals surface area contributed by atoms with Crippen molar-refractivity contribution in [3.05, 3.63) is 63.3 Å². The van der Waals surface area contributed by atoms with Gasteiger partial charge in [-0.05, 0) is 24.1 Å². The van der Waals surface area contributed by atoms with E-state index in [2.05, 4.69) is 19.7 Å². The van der Waals surface area contributed by atoms with Gasteiger partial charge in [0.25, 0.3) is 5.56 Å². The summed E-state index contributed by atoms with van der Waals surface area (Å²) in [7, 11) is 0. The number of ether oxygens (including phenoxy) is 2. The third kappa shape index (κ3) is 7.49. The van der Waals surface area contributed by atoms with Crippen LogP contribution in [0.2, 0.25) is 5.02 Å². The van der Waals surface area contributed by atoms with E-state index in [1.165, 1.54) is 36.5 Å². The minimum absolute atomic E-state index is 0.00507. The molecule has 0 saturated carbocycles. The molecule has 2 heterocycles. The number of hydrogen-bond acceptors (Lipinski definition) is 6. The molecular weight excluding hydrogens is 520 g/mol. The first-order valence-corrected chi connectivity index (χ1v) is 11.3. The van der Waals surface area contributed by atoms with Crippen molar-refractivity contribution in [2.24, 2.45) is 11.1 Å². The Morgan fingerprint density at radius 3 is 2.51 bits per heavy atom. The molecule has 0 atom stereocenters. The molecule has 0 bridgehead atoms. The van der Waals surface area contributed by atoms with Crippen molar-refractivity contribution in [3.8, 4) is 28.5 Å². The number of H-pyrrole nitrogens is 1. The number of aromatic amines is 1. The van der Waals surface area contributed by atoms with E-state index < -0.39 is 35.5 Å². The normalized spacial score (nSPS) is 12.0. The van der Waals surface area contributed by atoms with Gasteiger partial charge in [-0.2, -0.15) is 13.2 Å². The number of carbonyl (C=O) groups excluding carboxylic acids is 1. The topological polar surface area (TPSA) is 120 Å². The highest BCUT2D eigenvalue weighted by Gasteiger charge is 2.29. The molecule has 1 aromatic carbocycles. The van der Waals surface area contributed by atoms with Crippen LogP contribution < -0.4 is 16.0 Å². The second kappa shape index (κ2) is 11.3. The fourth-order valence-corrected chi connectivity index (χ4v) is 3.48. The van der Waals surface area contributed by atoms with Crippen LogP contribution in [0.15, 0.2) is 41.3 Å². The van der Waals surface area contributed by atoms with Gasteiger partial charge in [0.05, 0.1) is 22.9 Å². The number of alkyl halides is 3. The van der Waals surface area contributed by atoms with E-state index in [1.54, 1.807) is 13.8 Å². The highest BCUT2D eigenvalue weighted by Crippen LogP contribution is 2.33. The number of hydrogen-bond donors (Lipinski definition) is 2. The van der Waals surface area contributed by atoms with Crippen LogP contribution in [-0.4, -0.2) is 46.9 Å². The van der Waals surface area contributed by atoms with Crippen LogP contribution in [0.4, 0.5) is 17.6 Å². The predicted octanol–water partition coefficient (Wildman–Crippen LogP) is 4.30. The van der Waals surface area contributed by atoms with E-state index in [4.69, 9.17) is 22.1 Å². The average Bonchev–Trinajstić information content (AvgIpc) is 2.80. The zero-order valence-electron chi connectivity index (χ0n) is 19.8.